The Hall–Kier alpha value is -1.06. The van der Waals surface area contributed by atoms with E-state index in [1.807, 2.05) is 6.92 Å². The first-order valence-electron chi connectivity index (χ1n) is 5.12. The molecule has 0 aliphatic rings. The first kappa shape index (κ1) is 13.9. The molecule has 1 unspecified atom stereocenters. The maximum atomic E-state index is 11.3. The molecule has 0 aromatic heterocycles. The van der Waals surface area contributed by atoms with Gasteiger partial charge in [0.15, 0.2) is 0 Å². The third-order valence-electron chi connectivity index (χ3n) is 2.97. The number of hydrogen-bond acceptors (Lipinski definition) is 2. The minimum absolute atomic E-state index is 0.320. The van der Waals surface area contributed by atoms with E-state index in [9.17, 15) is 14.7 Å². The highest BCUT2D eigenvalue weighted by Gasteiger charge is 2.49. The van der Waals surface area contributed by atoms with Crippen molar-refractivity contribution >= 4 is 11.9 Å². The van der Waals surface area contributed by atoms with Gasteiger partial charge in [0, 0.05) is 0 Å². The zero-order valence-corrected chi connectivity index (χ0v) is 9.83. The monoisotopic (exact) mass is 216 g/mol. The largest absolute Gasteiger partial charge is 0.481 e. The van der Waals surface area contributed by atoms with Crippen molar-refractivity contribution < 1.29 is 19.8 Å². The molecule has 88 valence electrons. The second-order valence-corrected chi connectivity index (χ2v) is 4.96. The van der Waals surface area contributed by atoms with Crippen molar-refractivity contribution in [2.24, 2.45) is 10.8 Å². The second kappa shape index (κ2) is 4.64. The minimum Gasteiger partial charge on any atom is -0.481 e. The fourth-order valence-electron chi connectivity index (χ4n) is 1.92. The third kappa shape index (κ3) is 2.94. The summed E-state index contributed by atoms with van der Waals surface area (Å²) in [5.41, 5.74) is -1.74. The molecule has 0 aromatic rings. The number of aliphatic carboxylic acids is 2. The fourth-order valence-corrected chi connectivity index (χ4v) is 1.92. The zero-order valence-electron chi connectivity index (χ0n) is 9.83. The Labute approximate surface area is 90.3 Å². The normalized spacial score (nSPS) is 15.7. The summed E-state index contributed by atoms with van der Waals surface area (Å²) < 4.78 is 0. The minimum atomic E-state index is -1.17. The van der Waals surface area contributed by atoms with Crippen LogP contribution in [0.15, 0.2) is 0 Å². The molecular weight excluding hydrogens is 196 g/mol. The molecule has 0 fully saturated rings. The molecule has 0 saturated heterocycles. The van der Waals surface area contributed by atoms with E-state index in [0.29, 0.717) is 12.8 Å². The Bertz CT molecular complexity index is 252. The van der Waals surface area contributed by atoms with Crippen molar-refractivity contribution in [3.05, 3.63) is 0 Å². The predicted molar refractivity (Wildman–Crippen MR) is 56.7 cm³/mol. The molecular formula is C11H20O4. The zero-order chi connectivity index (χ0) is 12.3. The first-order chi connectivity index (χ1) is 6.67. The van der Waals surface area contributed by atoms with Gasteiger partial charge in [-0.1, -0.05) is 34.1 Å². The molecule has 4 nitrogen and oxygen atoms in total. The van der Waals surface area contributed by atoms with Crippen LogP contribution in [-0.4, -0.2) is 22.2 Å². The number of carboxylic acids is 2. The number of rotatable bonds is 5. The summed E-state index contributed by atoms with van der Waals surface area (Å²) in [4.78, 5) is 22.1. The lowest BCUT2D eigenvalue weighted by atomic mass is 9.62. The van der Waals surface area contributed by atoms with E-state index in [0.717, 1.165) is 0 Å². The molecule has 0 bridgehead atoms. The van der Waals surface area contributed by atoms with Crippen LogP contribution in [-0.2, 0) is 9.59 Å². The maximum absolute atomic E-state index is 11.3. The van der Waals surface area contributed by atoms with Crippen LogP contribution < -0.4 is 0 Å². The van der Waals surface area contributed by atoms with E-state index in [2.05, 4.69) is 0 Å². The molecule has 0 amide bonds. The van der Waals surface area contributed by atoms with Gasteiger partial charge >= 0.3 is 11.9 Å². The second-order valence-electron chi connectivity index (χ2n) is 4.96. The van der Waals surface area contributed by atoms with E-state index >= 15 is 0 Å². The van der Waals surface area contributed by atoms with Crippen molar-refractivity contribution in [2.75, 3.05) is 0 Å². The number of carbonyl (C=O) groups is 2. The lowest BCUT2D eigenvalue weighted by Gasteiger charge is -2.40. The highest BCUT2D eigenvalue weighted by molar-refractivity contribution is 5.82. The smallest absolute Gasteiger partial charge is 0.310 e. The highest BCUT2D eigenvalue weighted by atomic mass is 16.4. The van der Waals surface area contributed by atoms with Crippen LogP contribution in [0.5, 0.6) is 0 Å². The van der Waals surface area contributed by atoms with Gasteiger partial charge in [-0.25, -0.2) is 0 Å². The molecule has 1 atom stereocenters. The lowest BCUT2D eigenvalue weighted by molar-refractivity contribution is -0.164. The predicted octanol–water partition coefficient (Wildman–Crippen LogP) is 2.38. The van der Waals surface area contributed by atoms with E-state index in [1.165, 1.54) is 0 Å². The summed E-state index contributed by atoms with van der Waals surface area (Å²) in [5, 5.41) is 18.1. The van der Waals surface area contributed by atoms with Gasteiger partial charge in [-0.3, -0.25) is 9.59 Å². The quantitative estimate of drug-likeness (QED) is 0.739. The molecule has 0 saturated carbocycles. The molecule has 0 rings (SSSR count). The number of hydrogen-bond donors (Lipinski definition) is 2. The Balaban J connectivity index is 5.27. The van der Waals surface area contributed by atoms with Crippen molar-refractivity contribution in [3.8, 4) is 0 Å². The molecule has 0 heterocycles. The topological polar surface area (TPSA) is 74.6 Å². The van der Waals surface area contributed by atoms with Crippen molar-refractivity contribution in [1.82, 2.24) is 0 Å². The third-order valence-corrected chi connectivity index (χ3v) is 2.97. The van der Waals surface area contributed by atoms with E-state index in [1.54, 1.807) is 20.8 Å². The average Bonchev–Trinajstić information content (AvgIpc) is 1.99. The Morgan fingerprint density at radius 1 is 1.13 bits per heavy atom. The summed E-state index contributed by atoms with van der Waals surface area (Å²) >= 11 is 0. The van der Waals surface area contributed by atoms with Gasteiger partial charge in [0.25, 0.3) is 0 Å². The molecule has 15 heavy (non-hydrogen) atoms. The molecule has 0 aromatic carbocycles. The van der Waals surface area contributed by atoms with Gasteiger partial charge in [-0.05, 0) is 11.8 Å². The van der Waals surface area contributed by atoms with E-state index in [4.69, 9.17) is 5.11 Å². The van der Waals surface area contributed by atoms with Gasteiger partial charge in [-0.2, -0.15) is 0 Å². The van der Waals surface area contributed by atoms with Crippen LogP contribution in [0.25, 0.3) is 0 Å². The summed E-state index contributed by atoms with van der Waals surface area (Å²) in [6.07, 6.45) is 0.731. The van der Waals surface area contributed by atoms with Gasteiger partial charge in [0.1, 0.15) is 0 Å². The standard InChI is InChI=1S/C11H20O4/c1-5-6-11(9(14)15,7-8(12)13)10(2,3)4/h5-7H2,1-4H3,(H,12,13)(H,14,15). The van der Waals surface area contributed by atoms with Crippen LogP contribution in [0.3, 0.4) is 0 Å². The lowest BCUT2D eigenvalue weighted by Crippen LogP contribution is -2.44. The van der Waals surface area contributed by atoms with E-state index < -0.39 is 22.8 Å². The molecule has 0 aliphatic carbocycles. The Morgan fingerprint density at radius 3 is 1.80 bits per heavy atom. The summed E-state index contributed by atoms with van der Waals surface area (Å²) in [7, 11) is 0. The maximum Gasteiger partial charge on any atom is 0.310 e. The summed E-state index contributed by atoms with van der Waals surface area (Å²) in [6, 6.07) is 0. The van der Waals surface area contributed by atoms with Crippen molar-refractivity contribution in [2.45, 2.75) is 47.0 Å². The van der Waals surface area contributed by atoms with Gasteiger partial charge < -0.3 is 10.2 Å². The highest BCUT2D eigenvalue weighted by Crippen LogP contribution is 2.45. The fraction of sp³-hybridized carbons (Fsp3) is 0.818. The molecule has 4 heteroatoms. The summed E-state index contributed by atoms with van der Waals surface area (Å²) in [5.74, 6) is -2.07. The van der Waals surface area contributed by atoms with Crippen LogP contribution in [0, 0.1) is 10.8 Å². The Kier molecular flexibility index (Phi) is 4.31. The van der Waals surface area contributed by atoms with Crippen molar-refractivity contribution in [3.63, 3.8) is 0 Å². The molecule has 2 N–H and O–H groups in total. The van der Waals surface area contributed by atoms with E-state index in [-0.39, 0.29) is 6.42 Å². The van der Waals surface area contributed by atoms with Crippen LogP contribution in [0.2, 0.25) is 0 Å². The van der Waals surface area contributed by atoms with Crippen molar-refractivity contribution in [1.29, 1.82) is 0 Å². The SMILES string of the molecule is CCCC(CC(=O)O)(C(=O)O)C(C)(C)C. The van der Waals surface area contributed by atoms with Crippen LogP contribution >= 0.6 is 0 Å². The first-order valence-corrected chi connectivity index (χ1v) is 5.12. The Morgan fingerprint density at radius 2 is 1.60 bits per heavy atom. The van der Waals surface area contributed by atoms with Gasteiger partial charge in [-0.15, -0.1) is 0 Å². The number of carboxylic acid groups (broad SMARTS) is 2. The molecule has 0 radical (unpaired) electrons. The van der Waals surface area contributed by atoms with Crippen LogP contribution in [0.1, 0.15) is 47.0 Å². The summed E-state index contributed by atoms with van der Waals surface area (Å²) in [6.45, 7) is 7.20. The van der Waals surface area contributed by atoms with Gasteiger partial charge in [0.2, 0.25) is 0 Å². The van der Waals surface area contributed by atoms with Crippen LogP contribution in [0.4, 0.5) is 0 Å². The molecule has 0 aliphatic heterocycles. The average molecular weight is 216 g/mol. The molecule has 0 spiro atoms. The van der Waals surface area contributed by atoms with Gasteiger partial charge in [0.05, 0.1) is 11.8 Å².